The van der Waals surface area contributed by atoms with Gasteiger partial charge >= 0.3 is 0 Å². The molecule has 0 radical (unpaired) electrons. The topological polar surface area (TPSA) is 54.3 Å². The number of hydrogen-bond acceptors (Lipinski definition) is 2. The Morgan fingerprint density at radius 1 is 0.931 bits per heavy atom. The summed E-state index contributed by atoms with van der Waals surface area (Å²) in [5, 5.41) is 2.94. The van der Waals surface area contributed by atoms with Gasteiger partial charge < -0.3 is 14.8 Å². The number of amides is 2. The number of anilines is 1. The van der Waals surface area contributed by atoms with E-state index in [9.17, 15) is 9.59 Å². The van der Waals surface area contributed by atoms with E-state index in [0.717, 1.165) is 17.1 Å². The Balaban J connectivity index is 1.85. The Labute approximate surface area is 172 Å². The molecule has 3 aromatic rings. The van der Waals surface area contributed by atoms with Crippen molar-refractivity contribution in [3.63, 3.8) is 0 Å². The molecule has 0 atom stereocenters. The first-order chi connectivity index (χ1) is 14.0. The first kappa shape index (κ1) is 20.4. The lowest BCUT2D eigenvalue weighted by molar-refractivity contribution is 0.0772. The molecule has 1 N–H and O–H groups in total. The summed E-state index contributed by atoms with van der Waals surface area (Å²) in [6.45, 7) is 9.13. The molecule has 1 heterocycles. The lowest BCUT2D eigenvalue weighted by Gasteiger charge is -2.19. The quantitative estimate of drug-likeness (QED) is 0.657. The first-order valence-corrected chi connectivity index (χ1v) is 9.91. The zero-order valence-corrected chi connectivity index (χ0v) is 17.4. The monoisotopic (exact) mass is 389 g/mol. The van der Waals surface area contributed by atoms with E-state index in [1.807, 2.05) is 64.1 Å². The first-order valence-electron chi connectivity index (χ1n) is 9.91. The van der Waals surface area contributed by atoms with Crippen LogP contribution >= 0.6 is 0 Å². The van der Waals surface area contributed by atoms with Crippen molar-refractivity contribution >= 4 is 17.5 Å². The maximum Gasteiger partial charge on any atom is 0.257 e. The van der Waals surface area contributed by atoms with Crippen LogP contribution in [-0.2, 0) is 0 Å². The molecule has 0 aliphatic heterocycles. The minimum Gasteiger partial charge on any atom is -0.339 e. The highest BCUT2D eigenvalue weighted by atomic mass is 16.2. The second-order valence-corrected chi connectivity index (χ2v) is 6.97. The Kier molecular flexibility index (Phi) is 6.17. The summed E-state index contributed by atoms with van der Waals surface area (Å²) in [6.07, 6.45) is 0. The third kappa shape index (κ3) is 4.24. The van der Waals surface area contributed by atoms with E-state index >= 15 is 0 Å². The molecule has 3 rings (SSSR count). The van der Waals surface area contributed by atoms with Crippen LogP contribution in [0.2, 0.25) is 0 Å². The van der Waals surface area contributed by atoms with Crippen LogP contribution in [0.3, 0.4) is 0 Å². The van der Waals surface area contributed by atoms with Crippen LogP contribution in [0.15, 0.2) is 60.7 Å². The van der Waals surface area contributed by atoms with Crippen molar-refractivity contribution < 1.29 is 9.59 Å². The van der Waals surface area contributed by atoms with Crippen molar-refractivity contribution in [3.8, 4) is 5.69 Å². The number of benzene rings is 2. The standard InChI is InChI=1S/C24H27N3O2/c1-5-26(6-2)24(29)19-11-10-12-20(16-19)25-23(28)22-15-17(3)27(18(22)4)21-13-8-7-9-14-21/h7-16H,5-6H2,1-4H3,(H,25,28). The molecule has 2 amide bonds. The molecule has 0 saturated carbocycles. The van der Waals surface area contributed by atoms with Gasteiger partial charge in [-0.05, 0) is 64.1 Å². The SMILES string of the molecule is CCN(CC)C(=O)c1cccc(NC(=O)c2cc(C)n(-c3ccccc3)c2C)c1. The number of carbonyl (C=O) groups is 2. The maximum atomic E-state index is 12.9. The zero-order chi connectivity index (χ0) is 21.0. The molecule has 0 aliphatic rings. The summed E-state index contributed by atoms with van der Waals surface area (Å²) in [7, 11) is 0. The summed E-state index contributed by atoms with van der Waals surface area (Å²) >= 11 is 0. The van der Waals surface area contributed by atoms with Crippen LogP contribution in [0.25, 0.3) is 5.69 Å². The average molecular weight is 389 g/mol. The molecule has 1 aromatic heterocycles. The highest BCUT2D eigenvalue weighted by Crippen LogP contribution is 2.22. The van der Waals surface area contributed by atoms with Crippen molar-refractivity contribution in [1.29, 1.82) is 0 Å². The predicted molar refractivity (Wildman–Crippen MR) is 117 cm³/mol. The van der Waals surface area contributed by atoms with Crippen LogP contribution in [0.4, 0.5) is 5.69 Å². The Hall–Kier alpha value is -3.34. The van der Waals surface area contributed by atoms with Crippen molar-refractivity contribution in [2.45, 2.75) is 27.7 Å². The number of nitrogens with one attached hydrogen (secondary N) is 1. The highest BCUT2D eigenvalue weighted by Gasteiger charge is 2.18. The number of hydrogen-bond donors (Lipinski definition) is 1. The molecule has 0 spiro atoms. The largest absolute Gasteiger partial charge is 0.339 e. The summed E-state index contributed by atoms with van der Waals surface area (Å²) < 4.78 is 2.06. The fourth-order valence-corrected chi connectivity index (χ4v) is 3.59. The lowest BCUT2D eigenvalue weighted by atomic mass is 10.1. The molecule has 150 valence electrons. The van der Waals surface area contributed by atoms with Gasteiger partial charge in [-0.3, -0.25) is 9.59 Å². The fraction of sp³-hybridized carbons (Fsp3) is 0.250. The van der Waals surface area contributed by atoms with Gasteiger partial charge in [0, 0.05) is 41.4 Å². The summed E-state index contributed by atoms with van der Waals surface area (Å²) in [5.74, 6) is -0.221. The smallest absolute Gasteiger partial charge is 0.257 e. The van der Waals surface area contributed by atoms with E-state index in [1.54, 1.807) is 29.2 Å². The van der Waals surface area contributed by atoms with Gasteiger partial charge in [0.15, 0.2) is 0 Å². The third-order valence-electron chi connectivity index (χ3n) is 5.11. The minimum absolute atomic E-state index is 0.0339. The average Bonchev–Trinajstić information content (AvgIpc) is 3.03. The number of aryl methyl sites for hydroxylation is 1. The predicted octanol–water partition coefficient (Wildman–Crippen LogP) is 4.83. The molecule has 0 saturated heterocycles. The molecule has 0 unspecified atom stereocenters. The molecule has 5 nitrogen and oxygen atoms in total. The van der Waals surface area contributed by atoms with Gasteiger partial charge in [-0.1, -0.05) is 24.3 Å². The van der Waals surface area contributed by atoms with E-state index in [2.05, 4.69) is 9.88 Å². The van der Waals surface area contributed by atoms with Crippen molar-refractivity contribution in [1.82, 2.24) is 9.47 Å². The third-order valence-corrected chi connectivity index (χ3v) is 5.11. The van der Waals surface area contributed by atoms with Gasteiger partial charge in [0.2, 0.25) is 0 Å². The van der Waals surface area contributed by atoms with Gasteiger partial charge in [0.25, 0.3) is 11.8 Å². The van der Waals surface area contributed by atoms with E-state index in [1.165, 1.54) is 0 Å². The zero-order valence-electron chi connectivity index (χ0n) is 17.4. The van der Waals surface area contributed by atoms with E-state index in [-0.39, 0.29) is 11.8 Å². The molecular weight excluding hydrogens is 362 g/mol. The van der Waals surface area contributed by atoms with Crippen molar-refractivity contribution in [2.75, 3.05) is 18.4 Å². The van der Waals surface area contributed by atoms with Crippen LogP contribution in [0, 0.1) is 13.8 Å². The molecule has 0 fully saturated rings. The van der Waals surface area contributed by atoms with Gasteiger partial charge in [-0.15, -0.1) is 0 Å². The number of nitrogens with zero attached hydrogens (tertiary/aromatic N) is 2. The maximum absolute atomic E-state index is 12.9. The molecule has 0 aliphatic carbocycles. The number of aromatic nitrogens is 1. The van der Waals surface area contributed by atoms with Gasteiger partial charge in [-0.2, -0.15) is 0 Å². The molecular formula is C24H27N3O2. The Bertz CT molecular complexity index is 1020. The highest BCUT2D eigenvalue weighted by molar-refractivity contribution is 6.06. The number of rotatable bonds is 6. The summed E-state index contributed by atoms with van der Waals surface area (Å²) in [4.78, 5) is 27.3. The molecule has 0 bridgehead atoms. The van der Waals surface area contributed by atoms with Crippen LogP contribution < -0.4 is 5.32 Å². The second-order valence-electron chi connectivity index (χ2n) is 6.97. The van der Waals surface area contributed by atoms with Crippen LogP contribution in [0.5, 0.6) is 0 Å². The van der Waals surface area contributed by atoms with Crippen LogP contribution in [0.1, 0.15) is 46.0 Å². The lowest BCUT2D eigenvalue weighted by Crippen LogP contribution is -2.30. The number of carbonyl (C=O) groups excluding carboxylic acids is 2. The van der Waals surface area contributed by atoms with Gasteiger partial charge in [0.05, 0.1) is 5.56 Å². The second kappa shape index (κ2) is 8.78. The number of para-hydroxylation sites is 1. The summed E-state index contributed by atoms with van der Waals surface area (Å²) in [5.41, 5.74) is 4.69. The fourth-order valence-electron chi connectivity index (χ4n) is 3.59. The summed E-state index contributed by atoms with van der Waals surface area (Å²) in [6, 6.07) is 19.0. The minimum atomic E-state index is -0.187. The van der Waals surface area contributed by atoms with Gasteiger partial charge in [0.1, 0.15) is 0 Å². The van der Waals surface area contributed by atoms with E-state index in [0.29, 0.717) is 29.9 Å². The Morgan fingerprint density at radius 2 is 1.62 bits per heavy atom. The van der Waals surface area contributed by atoms with E-state index in [4.69, 9.17) is 0 Å². The Morgan fingerprint density at radius 3 is 2.28 bits per heavy atom. The van der Waals surface area contributed by atoms with Crippen molar-refractivity contribution in [2.24, 2.45) is 0 Å². The molecule has 29 heavy (non-hydrogen) atoms. The van der Waals surface area contributed by atoms with E-state index < -0.39 is 0 Å². The van der Waals surface area contributed by atoms with Crippen LogP contribution in [-0.4, -0.2) is 34.4 Å². The molecule has 2 aromatic carbocycles. The normalized spacial score (nSPS) is 10.6. The van der Waals surface area contributed by atoms with Gasteiger partial charge in [-0.25, -0.2) is 0 Å². The molecule has 5 heteroatoms. The van der Waals surface area contributed by atoms with Crippen molar-refractivity contribution in [3.05, 3.63) is 83.2 Å².